The van der Waals surface area contributed by atoms with Crippen molar-refractivity contribution in [1.82, 2.24) is 4.98 Å². The number of primary amides is 1. The van der Waals surface area contributed by atoms with Gasteiger partial charge in [0.2, 0.25) is 0 Å². The minimum atomic E-state index is -0.717. The molecule has 1 rings (SSSR count). The Morgan fingerprint density at radius 2 is 2.46 bits per heavy atom. The largest absolute Gasteiger partial charge is 0.392 e. The Bertz CT molecular complexity index is 318. The van der Waals surface area contributed by atoms with Gasteiger partial charge in [-0.1, -0.05) is 12.8 Å². The van der Waals surface area contributed by atoms with Crippen LogP contribution in [0.15, 0.2) is 18.3 Å². The Labute approximate surface area is 80.7 Å². The number of hydrogen-bond donors (Lipinski definition) is 3. The number of thiol groups is 1. The van der Waals surface area contributed by atoms with E-state index in [4.69, 9.17) is 10.8 Å². The molecule has 1 aromatic heterocycles. The SMILES string of the molecule is NC(=O)N(S)c1cc(CO)ccn1. The van der Waals surface area contributed by atoms with Crippen LogP contribution in [0.4, 0.5) is 10.6 Å². The Kier molecular flexibility index (Phi) is 3.10. The molecular formula is C7H9N3O2S. The molecule has 1 aromatic rings. The molecule has 0 aliphatic rings. The molecule has 2 amide bonds. The zero-order valence-corrected chi connectivity index (χ0v) is 7.61. The number of carbonyl (C=O) groups excluding carboxylic acids is 1. The van der Waals surface area contributed by atoms with Gasteiger partial charge in [0.05, 0.1) is 6.61 Å². The van der Waals surface area contributed by atoms with E-state index < -0.39 is 6.03 Å². The number of amides is 2. The Morgan fingerprint density at radius 1 is 1.77 bits per heavy atom. The molecule has 0 saturated heterocycles. The van der Waals surface area contributed by atoms with E-state index in [1.165, 1.54) is 12.3 Å². The molecule has 0 fully saturated rings. The van der Waals surface area contributed by atoms with Crippen molar-refractivity contribution in [3.05, 3.63) is 23.9 Å². The first-order valence-electron chi connectivity index (χ1n) is 3.49. The summed E-state index contributed by atoms with van der Waals surface area (Å²) in [5.41, 5.74) is 5.61. The van der Waals surface area contributed by atoms with Crippen LogP contribution in [0.5, 0.6) is 0 Å². The van der Waals surface area contributed by atoms with E-state index >= 15 is 0 Å². The Balaban J connectivity index is 2.94. The Morgan fingerprint density at radius 3 is 3.00 bits per heavy atom. The van der Waals surface area contributed by atoms with Gasteiger partial charge in [-0.3, -0.25) is 0 Å². The van der Waals surface area contributed by atoms with Crippen molar-refractivity contribution in [1.29, 1.82) is 0 Å². The minimum absolute atomic E-state index is 0.115. The molecule has 0 atom stereocenters. The predicted octanol–water partition coefficient (Wildman–Crippen LogP) is 0.304. The van der Waals surface area contributed by atoms with Gasteiger partial charge in [0, 0.05) is 6.20 Å². The number of aromatic nitrogens is 1. The molecule has 0 bridgehead atoms. The van der Waals surface area contributed by atoms with Crippen LogP contribution in [0.2, 0.25) is 0 Å². The van der Waals surface area contributed by atoms with Gasteiger partial charge in [0.25, 0.3) is 0 Å². The van der Waals surface area contributed by atoms with Crippen LogP contribution in [0.1, 0.15) is 5.56 Å². The van der Waals surface area contributed by atoms with Crippen LogP contribution >= 0.6 is 12.8 Å². The molecule has 1 heterocycles. The highest BCUT2D eigenvalue weighted by Crippen LogP contribution is 2.13. The number of nitrogens with zero attached hydrogens (tertiary/aromatic N) is 2. The van der Waals surface area contributed by atoms with Crippen LogP contribution in [0.25, 0.3) is 0 Å². The van der Waals surface area contributed by atoms with E-state index in [0.717, 1.165) is 4.31 Å². The number of carbonyl (C=O) groups is 1. The summed E-state index contributed by atoms with van der Waals surface area (Å²) in [6, 6.07) is 2.44. The molecule has 0 aliphatic carbocycles. The third-order valence-electron chi connectivity index (χ3n) is 1.42. The lowest BCUT2D eigenvalue weighted by Crippen LogP contribution is -2.27. The number of aliphatic hydroxyl groups is 1. The quantitative estimate of drug-likeness (QED) is 0.599. The van der Waals surface area contributed by atoms with Crippen molar-refractivity contribution in [3.8, 4) is 0 Å². The zero-order valence-electron chi connectivity index (χ0n) is 6.71. The molecule has 0 spiro atoms. The summed E-state index contributed by atoms with van der Waals surface area (Å²) in [6.07, 6.45) is 1.47. The lowest BCUT2D eigenvalue weighted by Gasteiger charge is -2.11. The summed E-state index contributed by atoms with van der Waals surface area (Å²) in [4.78, 5) is 14.5. The van der Waals surface area contributed by atoms with Crippen LogP contribution < -0.4 is 10.0 Å². The summed E-state index contributed by atoms with van der Waals surface area (Å²) < 4.78 is 0.902. The number of aliphatic hydroxyl groups excluding tert-OH is 1. The highest BCUT2D eigenvalue weighted by atomic mass is 32.1. The fourth-order valence-corrected chi connectivity index (χ4v) is 0.897. The van der Waals surface area contributed by atoms with Crippen molar-refractivity contribution in [2.75, 3.05) is 4.31 Å². The first kappa shape index (κ1) is 9.82. The lowest BCUT2D eigenvalue weighted by atomic mass is 10.3. The van der Waals surface area contributed by atoms with Gasteiger partial charge in [-0.15, -0.1) is 0 Å². The first-order valence-corrected chi connectivity index (χ1v) is 3.89. The van der Waals surface area contributed by atoms with Crippen molar-refractivity contribution in [2.45, 2.75) is 6.61 Å². The van der Waals surface area contributed by atoms with Gasteiger partial charge in [-0.25, -0.2) is 14.1 Å². The van der Waals surface area contributed by atoms with Gasteiger partial charge in [-0.2, -0.15) is 0 Å². The molecule has 0 saturated carbocycles. The maximum atomic E-state index is 10.7. The van der Waals surface area contributed by atoms with Crippen molar-refractivity contribution in [2.24, 2.45) is 5.73 Å². The van der Waals surface area contributed by atoms with Crippen LogP contribution in [-0.2, 0) is 6.61 Å². The van der Waals surface area contributed by atoms with Crippen LogP contribution in [0, 0.1) is 0 Å². The number of rotatable bonds is 2. The van der Waals surface area contributed by atoms with E-state index in [-0.39, 0.29) is 6.61 Å². The zero-order chi connectivity index (χ0) is 9.84. The Hall–Kier alpha value is -1.27. The molecule has 6 heteroatoms. The number of anilines is 1. The molecule has 5 nitrogen and oxygen atoms in total. The second-order valence-corrected chi connectivity index (χ2v) is 2.73. The topological polar surface area (TPSA) is 79.5 Å². The van der Waals surface area contributed by atoms with Crippen molar-refractivity contribution >= 4 is 24.7 Å². The minimum Gasteiger partial charge on any atom is -0.392 e. The van der Waals surface area contributed by atoms with Gasteiger partial charge in [0.1, 0.15) is 5.82 Å². The maximum Gasteiger partial charge on any atom is 0.330 e. The number of urea groups is 1. The van der Waals surface area contributed by atoms with Gasteiger partial charge in [0.15, 0.2) is 0 Å². The van der Waals surface area contributed by atoms with E-state index in [2.05, 4.69) is 17.8 Å². The molecule has 3 N–H and O–H groups in total. The van der Waals surface area contributed by atoms with E-state index in [0.29, 0.717) is 11.4 Å². The fourth-order valence-electron chi connectivity index (χ4n) is 0.788. The smallest absolute Gasteiger partial charge is 0.330 e. The second-order valence-electron chi connectivity index (χ2n) is 2.33. The molecule has 70 valence electrons. The third-order valence-corrected chi connectivity index (χ3v) is 1.82. The van der Waals surface area contributed by atoms with Crippen LogP contribution in [-0.4, -0.2) is 16.1 Å². The average molecular weight is 199 g/mol. The fraction of sp³-hybridized carbons (Fsp3) is 0.143. The van der Waals surface area contributed by atoms with Crippen molar-refractivity contribution in [3.63, 3.8) is 0 Å². The average Bonchev–Trinajstić information content (AvgIpc) is 2.16. The van der Waals surface area contributed by atoms with Gasteiger partial charge >= 0.3 is 6.03 Å². The van der Waals surface area contributed by atoms with E-state index in [9.17, 15) is 4.79 Å². The highest BCUT2D eigenvalue weighted by molar-refractivity contribution is 7.82. The number of pyridine rings is 1. The summed E-state index contributed by atoms with van der Waals surface area (Å²) >= 11 is 3.82. The van der Waals surface area contributed by atoms with Gasteiger partial charge in [-0.05, 0) is 17.7 Å². The molecule has 0 radical (unpaired) electrons. The molecule has 13 heavy (non-hydrogen) atoms. The summed E-state index contributed by atoms with van der Waals surface area (Å²) in [7, 11) is 0. The van der Waals surface area contributed by atoms with Crippen molar-refractivity contribution < 1.29 is 9.90 Å². The summed E-state index contributed by atoms with van der Waals surface area (Å²) in [5.74, 6) is 0.294. The monoisotopic (exact) mass is 199 g/mol. The second kappa shape index (κ2) is 4.11. The predicted molar refractivity (Wildman–Crippen MR) is 51.2 cm³/mol. The van der Waals surface area contributed by atoms with E-state index in [1.807, 2.05) is 0 Å². The van der Waals surface area contributed by atoms with Crippen LogP contribution in [0.3, 0.4) is 0 Å². The van der Waals surface area contributed by atoms with Gasteiger partial charge < -0.3 is 10.8 Å². The molecule has 0 aromatic carbocycles. The summed E-state index contributed by atoms with van der Waals surface area (Å²) in [5, 5.41) is 8.80. The summed E-state index contributed by atoms with van der Waals surface area (Å²) in [6.45, 7) is -0.115. The molecule has 0 aliphatic heterocycles. The maximum absolute atomic E-state index is 10.7. The van der Waals surface area contributed by atoms with E-state index in [1.54, 1.807) is 6.07 Å². The molecule has 0 unspecified atom stereocenters. The highest BCUT2D eigenvalue weighted by Gasteiger charge is 2.08. The number of nitrogens with two attached hydrogens (primary N) is 1. The standard InChI is InChI=1S/C7H9N3O2S/c8-7(12)10(13)6-3-5(4-11)1-2-9-6/h1-3,11,13H,4H2,(H2,8,12). The number of hydrogen-bond acceptors (Lipinski definition) is 4. The molecular weight excluding hydrogens is 190 g/mol. The first-order chi connectivity index (χ1) is 6.15. The third kappa shape index (κ3) is 2.33. The lowest BCUT2D eigenvalue weighted by molar-refractivity contribution is 0.257. The normalized spacial score (nSPS) is 9.69.